The van der Waals surface area contributed by atoms with Crippen LogP contribution >= 0.6 is 0 Å². The third-order valence-corrected chi connectivity index (χ3v) is 3.44. The van der Waals surface area contributed by atoms with Gasteiger partial charge >= 0.3 is 0 Å². The predicted octanol–water partition coefficient (Wildman–Crippen LogP) is 2.86. The van der Waals surface area contributed by atoms with E-state index in [1.165, 1.54) is 0 Å². The molecule has 0 spiro atoms. The molecule has 1 atom stereocenters. The van der Waals surface area contributed by atoms with E-state index >= 15 is 0 Å². The summed E-state index contributed by atoms with van der Waals surface area (Å²) >= 11 is 0. The molecule has 0 saturated heterocycles. The molecule has 1 nitrogen and oxygen atoms in total. The molecule has 1 aromatic carbocycles. The second-order valence-electron chi connectivity index (χ2n) is 3.15. The Balaban J connectivity index is 2.48. The first-order chi connectivity index (χ1) is 6.74. The first-order valence-electron chi connectivity index (χ1n) is 4.82. The molecule has 0 aliphatic carbocycles. The van der Waals surface area contributed by atoms with E-state index in [4.69, 9.17) is 0 Å². The molecule has 76 valence electrons. The standard InChI is InChI=1S/C12H16OS/c1-3-14(13)10-9-11(2)12-7-5-4-6-8-12/h4-8H,2-3,9-10H2,1H3. The summed E-state index contributed by atoms with van der Waals surface area (Å²) in [5.41, 5.74) is 2.23. The molecule has 0 fully saturated rings. The van der Waals surface area contributed by atoms with Crippen molar-refractivity contribution in [3.8, 4) is 0 Å². The lowest BCUT2D eigenvalue weighted by atomic mass is 10.1. The van der Waals surface area contributed by atoms with Crippen LogP contribution in [-0.4, -0.2) is 15.7 Å². The highest BCUT2D eigenvalue weighted by Gasteiger charge is 2.00. The first-order valence-corrected chi connectivity index (χ1v) is 6.31. The molecule has 2 heteroatoms. The SMILES string of the molecule is C=C(CCS(=O)CC)c1ccccc1. The Hall–Kier alpha value is -0.890. The predicted molar refractivity (Wildman–Crippen MR) is 63.6 cm³/mol. The Bertz CT molecular complexity index is 316. The van der Waals surface area contributed by atoms with Gasteiger partial charge in [-0.15, -0.1) is 0 Å². The van der Waals surface area contributed by atoms with Crippen molar-refractivity contribution < 1.29 is 4.21 Å². The average Bonchev–Trinajstić information content (AvgIpc) is 2.26. The van der Waals surface area contributed by atoms with Gasteiger partial charge in [0.2, 0.25) is 0 Å². The molecule has 0 amide bonds. The molecule has 1 rings (SSSR count). The quantitative estimate of drug-likeness (QED) is 0.727. The summed E-state index contributed by atoms with van der Waals surface area (Å²) in [6, 6.07) is 10.1. The fourth-order valence-corrected chi connectivity index (χ4v) is 1.96. The highest BCUT2D eigenvalue weighted by molar-refractivity contribution is 7.84. The van der Waals surface area contributed by atoms with Crippen LogP contribution in [-0.2, 0) is 10.8 Å². The van der Waals surface area contributed by atoms with E-state index in [2.05, 4.69) is 6.58 Å². The average molecular weight is 208 g/mol. The molecule has 14 heavy (non-hydrogen) atoms. The van der Waals surface area contributed by atoms with Crippen molar-refractivity contribution in [3.63, 3.8) is 0 Å². The van der Waals surface area contributed by atoms with Crippen molar-refractivity contribution in [1.82, 2.24) is 0 Å². The van der Waals surface area contributed by atoms with Gasteiger partial charge in [0.25, 0.3) is 0 Å². The lowest BCUT2D eigenvalue weighted by Gasteiger charge is -2.04. The molecule has 0 heterocycles. The van der Waals surface area contributed by atoms with Crippen LogP contribution < -0.4 is 0 Å². The lowest BCUT2D eigenvalue weighted by molar-refractivity contribution is 0.683. The van der Waals surface area contributed by atoms with E-state index in [-0.39, 0.29) is 0 Å². The molecule has 0 saturated carbocycles. The smallest absolute Gasteiger partial charge is 0.0275 e. The minimum atomic E-state index is -0.682. The second kappa shape index (κ2) is 5.76. The highest BCUT2D eigenvalue weighted by Crippen LogP contribution is 2.15. The van der Waals surface area contributed by atoms with Crippen molar-refractivity contribution in [2.75, 3.05) is 11.5 Å². The molecular formula is C12H16OS. The van der Waals surface area contributed by atoms with Crippen LogP contribution in [0, 0.1) is 0 Å². The fraction of sp³-hybridized carbons (Fsp3) is 0.333. The summed E-state index contributed by atoms with van der Waals surface area (Å²) in [6.07, 6.45) is 0.824. The molecule has 1 aromatic rings. The topological polar surface area (TPSA) is 17.1 Å². The van der Waals surface area contributed by atoms with Gasteiger partial charge in [0.15, 0.2) is 0 Å². The van der Waals surface area contributed by atoms with Crippen molar-refractivity contribution in [1.29, 1.82) is 0 Å². The van der Waals surface area contributed by atoms with E-state index < -0.39 is 10.8 Å². The van der Waals surface area contributed by atoms with Gasteiger partial charge in [-0.05, 0) is 17.6 Å². The van der Waals surface area contributed by atoms with Gasteiger partial charge < -0.3 is 0 Å². The molecular weight excluding hydrogens is 192 g/mol. The van der Waals surface area contributed by atoms with E-state index in [9.17, 15) is 4.21 Å². The number of rotatable bonds is 5. The first kappa shape index (κ1) is 11.2. The van der Waals surface area contributed by atoms with Gasteiger partial charge in [0.1, 0.15) is 0 Å². The molecule has 0 bridgehead atoms. The monoisotopic (exact) mass is 208 g/mol. The van der Waals surface area contributed by atoms with Crippen LogP contribution in [0.25, 0.3) is 5.57 Å². The van der Waals surface area contributed by atoms with Crippen molar-refractivity contribution in [2.24, 2.45) is 0 Å². The largest absolute Gasteiger partial charge is 0.260 e. The molecule has 1 unspecified atom stereocenters. The Morgan fingerprint density at radius 2 is 2.00 bits per heavy atom. The van der Waals surface area contributed by atoms with Gasteiger partial charge in [-0.1, -0.05) is 43.8 Å². The molecule has 0 aliphatic heterocycles. The fourth-order valence-electron chi connectivity index (χ4n) is 1.20. The number of hydrogen-bond donors (Lipinski definition) is 0. The van der Waals surface area contributed by atoms with Crippen molar-refractivity contribution in [3.05, 3.63) is 42.5 Å². The van der Waals surface area contributed by atoms with Gasteiger partial charge in [0.05, 0.1) is 0 Å². The summed E-state index contributed by atoms with van der Waals surface area (Å²) < 4.78 is 11.2. The Morgan fingerprint density at radius 3 is 2.57 bits per heavy atom. The number of benzene rings is 1. The van der Waals surface area contributed by atoms with Crippen LogP contribution in [0.15, 0.2) is 36.9 Å². The summed E-state index contributed by atoms with van der Waals surface area (Å²) in [5, 5.41) is 0. The minimum absolute atomic E-state index is 0.682. The van der Waals surface area contributed by atoms with Gasteiger partial charge in [0, 0.05) is 22.3 Å². The van der Waals surface area contributed by atoms with E-state index in [0.29, 0.717) is 0 Å². The Morgan fingerprint density at radius 1 is 1.36 bits per heavy atom. The maximum Gasteiger partial charge on any atom is 0.0275 e. The Kier molecular flexibility index (Phi) is 4.60. The molecule has 0 N–H and O–H groups in total. The zero-order valence-electron chi connectivity index (χ0n) is 8.53. The normalized spacial score (nSPS) is 12.4. The maximum atomic E-state index is 11.2. The van der Waals surface area contributed by atoms with Crippen LogP contribution in [0.3, 0.4) is 0 Å². The zero-order valence-corrected chi connectivity index (χ0v) is 9.35. The van der Waals surface area contributed by atoms with E-state index in [1.54, 1.807) is 0 Å². The summed E-state index contributed by atoms with van der Waals surface area (Å²) in [7, 11) is -0.682. The number of hydrogen-bond acceptors (Lipinski definition) is 1. The Labute approximate surface area is 88.3 Å². The summed E-state index contributed by atoms with van der Waals surface area (Å²) in [4.78, 5) is 0. The van der Waals surface area contributed by atoms with Gasteiger partial charge in [-0.25, -0.2) is 0 Å². The minimum Gasteiger partial charge on any atom is -0.260 e. The van der Waals surface area contributed by atoms with Crippen LogP contribution in [0.4, 0.5) is 0 Å². The summed E-state index contributed by atoms with van der Waals surface area (Å²) in [5.74, 6) is 1.46. The van der Waals surface area contributed by atoms with Crippen molar-refractivity contribution in [2.45, 2.75) is 13.3 Å². The second-order valence-corrected chi connectivity index (χ2v) is 5.02. The van der Waals surface area contributed by atoms with Crippen LogP contribution in [0.5, 0.6) is 0 Å². The van der Waals surface area contributed by atoms with E-state index in [0.717, 1.165) is 29.1 Å². The van der Waals surface area contributed by atoms with Crippen LogP contribution in [0.1, 0.15) is 18.9 Å². The highest BCUT2D eigenvalue weighted by atomic mass is 32.2. The lowest BCUT2D eigenvalue weighted by Crippen LogP contribution is -2.00. The zero-order chi connectivity index (χ0) is 10.4. The van der Waals surface area contributed by atoms with Crippen LogP contribution in [0.2, 0.25) is 0 Å². The third-order valence-electron chi connectivity index (χ3n) is 2.14. The molecule has 0 radical (unpaired) electrons. The van der Waals surface area contributed by atoms with Gasteiger partial charge in [-0.3, -0.25) is 4.21 Å². The van der Waals surface area contributed by atoms with Gasteiger partial charge in [-0.2, -0.15) is 0 Å². The molecule has 0 aliphatic rings. The van der Waals surface area contributed by atoms with Crippen molar-refractivity contribution >= 4 is 16.4 Å². The maximum absolute atomic E-state index is 11.2. The number of allylic oxidation sites excluding steroid dienone is 1. The molecule has 0 aromatic heterocycles. The third kappa shape index (κ3) is 3.46. The van der Waals surface area contributed by atoms with E-state index in [1.807, 2.05) is 37.3 Å². The summed E-state index contributed by atoms with van der Waals surface area (Å²) in [6.45, 7) is 5.94.